The Labute approximate surface area is 148 Å². The van der Waals surface area contributed by atoms with Gasteiger partial charge in [0.25, 0.3) is 0 Å². The van der Waals surface area contributed by atoms with Gasteiger partial charge in [-0.3, -0.25) is 9.69 Å². The lowest BCUT2D eigenvalue weighted by Crippen LogP contribution is -2.49. The molecule has 0 spiro atoms. The molecule has 1 aliphatic carbocycles. The molecule has 5 nitrogen and oxygen atoms in total. The van der Waals surface area contributed by atoms with Gasteiger partial charge >= 0.3 is 0 Å². The van der Waals surface area contributed by atoms with Gasteiger partial charge in [-0.05, 0) is 37.5 Å². The molecule has 1 amide bonds. The zero-order chi connectivity index (χ0) is 17.1. The number of nitrogens with two attached hydrogens (primary N) is 1. The van der Waals surface area contributed by atoms with Gasteiger partial charge in [0.15, 0.2) is 0 Å². The smallest absolute Gasteiger partial charge is 0.225 e. The Balaban J connectivity index is 1.54. The number of hydrogen-bond donors (Lipinski definition) is 1. The maximum atomic E-state index is 12.6. The van der Waals surface area contributed by atoms with E-state index < -0.39 is 0 Å². The number of nitrogens with zero attached hydrogens (tertiary/aromatic N) is 2. The maximum absolute atomic E-state index is 12.6. The molecule has 1 saturated heterocycles. The van der Waals surface area contributed by atoms with E-state index in [-0.39, 0.29) is 12.0 Å². The summed E-state index contributed by atoms with van der Waals surface area (Å²) in [6.45, 7) is 4.11. The molecular weight excluding hydrogens is 326 g/mol. The first-order valence-electron chi connectivity index (χ1n) is 8.66. The van der Waals surface area contributed by atoms with E-state index in [2.05, 4.69) is 4.90 Å². The van der Waals surface area contributed by atoms with Gasteiger partial charge in [-0.2, -0.15) is 0 Å². The van der Waals surface area contributed by atoms with Crippen LogP contribution in [0.5, 0.6) is 5.75 Å². The highest BCUT2D eigenvalue weighted by Gasteiger charge is 2.32. The Kier molecular flexibility index (Phi) is 5.64. The molecule has 2 aliphatic rings. The Morgan fingerprint density at radius 2 is 2.04 bits per heavy atom. The van der Waals surface area contributed by atoms with Crippen LogP contribution in [0.1, 0.15) is 24.8 Å². The quantitative estimate of drug-likeness (QED) is 0.902. The van der Waals surface area contributed by atoms with Crippen LogP contribution in [0.3, 0.4) is 0 Å². The van der Waals surface area contributed by atoms with Crippen LogP contribution < -0.4 is 10.5 Å². The first kappa shape index (κ1) is 17.5. The Morgan fingerprint density at radius 1 is 1.29 bits per heavy atom. The molecule has 2 atom stereocenters. The van der Waals surface area contributed by atoms with Crippen LogP contribution in [-0.2, 0) is 11.3 Å². The molecule has 1 heterocycles. The van der Waals surface area contributed by atoms with Crippen molar-refractivity contribution >= 4 is 17.5 Å². The summed E-state index contributed by atoms with van der Waals surface area (Å²) < 4.78 is 5.42. The highest BCUT2D eigenvalue weighted by Crippen LogP contribution is 2.27. The molecule has 6 heteroatoms. The van der Waals surface area contributed by atoms with Crippen molar-refractivity contribution in [2.45, 2.75) is 31.8 Å². The number of ether oxygens (including phenoxy) is 1. The summed E-state index contributed by atoms with van der Waals surface area (Å²) in [6, 6.07) is 5.90. The fraction of sp³-hybridized carbons (Fsp3) is 0.611. The first-order chi connectivity index (χ1) is 11.6. The van der Waals surface area contributed by atoms with E-state index in [0.717, 1.165) is 68.3 Å². The molecule has 0 bridgehead atoms. The summed E-state index contributed by atoms with van der Waals surface area (Å²) in [6.07, 6.45) is 2.77. The Hall–Kier alpha value is -1.30. The molecule has 3 rings (SSSR count). The highest BCUT2D eigenvalue weighted by atomic mass is 35.5. The zero-order valence-corrected chi connectivity index (χ0v) is 15.0. The van der Waals surface area contributed by atoms with E-state index in [1.807, 2.05) is 23.1 Å². The van der Waals surface area contributed by atoms with E-state index in [0.29, 0.717) is 5.91 Å². The van der Waals surface area contributed by atoms with Gasteiger partial charge in [0.05, 0.1) is 7.11 Å². The van der Waals surface area contributed by atoms with E-state index in [1.54, 1.807) is 7.11 Å². The second-order valence-corrected chi connectivity index (χ2v) is 7.26. The van der Waals surface area contributed by atoms with E-state index in [1.165, 1.54) is 0 Å². The molecule has 24 heavy (non-hydrogen) atoms. The van der Waals surface area contributed by atoms with Crippen LogP contribution in [0.4, 0.5) is 0 Å². The maximum Gasteiger partial charge on any atom is 0.225 e. The number of piperazine rings is 1. The average molecular weight is 352 g/mol. The summed E-state index contributed by atoms with van der Waals surface area (Å²) in [4.78, 5) is 16.9. The number of methoxy groups -OCH3 is 1. The number of carbonyl (C=O) groups excluding carboxylic acids is 1. The second kappa shape index (κ2) is 7.72. The average Bonchev–Trinajstić information content (AvgIpc) is 3.02. The van der Waals surface area contributed by atoms with Crippen LogP contribution in [0.25, 0.3) is 0 Å². The molecule has 0 aromatic heterocycles. The Bertz CT molecular complexity index is 588. The molecule has 1 aliphatic heterocycles. The fourth-order valence-corrected chi connectivity index (χ4v) is 3.93. The topological polar surface area (TPSA) is 58.8 Å². The van der Waals surface area contributed by atoms with Crippen LogP contribution in [0.15, 0.2) is 18.2 Å². The lowest BCUT2D eigenvalue weighted by Gasteiger charge is -2.36. The monoisotopic (exact) mass is 351 g/mol. The van der Waals surface area contributed by atoms with Gasteiger partial charge in [-0.15, -0.1) is 0 Å². The standard InChI is InChI=1S/C18H26ClN3O2/c1-24-17-5-3-15(19)10-14(17)12-21-6-8-22(9-7-21)18(23)13-2-4-16(20)11-13/h3,5,10,13,16H,2,4,6-9,11-12,20H2,1H3/t13-,16+/m1/s1. The fourth-order valence-electron chi connectivity index (χ4n) is 3.74. The van der Waals surface area contributed by atoms with Gasteiger partial charge in [0.2, 0.25) is 5.91 Å². The van der Waals surface area contributed by atoms with Crippen molar-refractivity contribution < 1.29 is 9.53 Å². The molecule has 0 unspecified atom stereocenters. The molecule has 2 N–H and O–H groups in total. The molecule has 1 aromatic rings. The first-order valence-corrected chi connectivity index (χ1v) is 9.03. The third-order valence-corrected chi connectivity index (χ3v) is 5.38. The molecule has 1 saturated carbocycles. The molecule has 0 radical (unpaired) electrons. The van der Waals surface area contributed by atoms with Gasteiger partial charge in [-0.1, -0.05) is 11.6 Å². The summed E-state index contributed by atoms with van der Waals surface area (Å²) in [5.74, 6) is 1.29. The van der Waals surface area contributed by atoms with Crippen LogP contribution in [0, 0.1) is 5.92 Å². The van der Waals surface area contributed by atoms with Crippen LogP contribution >= 0.6 is 11.6 Å². The Morgan fingerprint density at radius 3 is 2.67 bits per heavy atom. The zero-order valence-electron chi connectivity index (χ0n) is 14.2. The number of amides is 1. The van der Waals surface area contributed by atoms with Gasteiger partial charge in [0, 0.05) is 55.3 Å². The number of rotatable bonds is 4. The van der Waals surface area contributed by atoms with Crippen molar-refractivity contribution in [2.75, 3.05) is 33.3 Å². The third kappa shape index (κ3) is 4.02. The van der Waals surface area contributed by atoms with Crippen LogP contribution in [0.2, 0.25) is 5.02 Å². The van der Waals surface area contributed by atoms with Crippen molar-refractivity contribution in [3.8, 4) is 5.75 Å². The van der Waals surface area contributed by atoms with Crippen molar-refractivity contribution in [3.63, 3.8) is 0 Å². The van der Waals surface area contributed by atoms with E-state index in [4.69, 9.17) is 22.1 Å². The van der Waals surface area contributed by atoms with Gasteiger partial charge in [-0.25, -0.2) is 0 Å². The molecule has 1 aromatic carbocycles. The lowest BCUT2D eigenvalue weighted by molar-refractivity contribution is -0.137. The van der Waals surface area contributed by atoms with Crippen molar-refractivity contribution in [1.29, 1.82) is 0 Å². The number of halogens is 1. The number of benzene rings is 1. The summed E-state index contributed by atoms with van der Waals surface area (Å²) in [7, 11) is 1.68. The molecule has 2 fully saturated rings. The largest absolute Gasteiger partial charge is 0.496 e. The SMILES string of the molecule is COc1ccc(Cl)cc1CN1CCN(C(=O)[C@@H]2CC[C@H](N)C2)CC1. The predicted octanol–water partition coefficient (Wildman–Crippen LogP) is 2.12. The lowest BCUT2D eigenvalue weighted by atomic mass is 10.1. The minimum absolute atomic E-state index is 0.138. The summed E-state index contributed by atoms with van der Waals surface area (Å²) >= 11 is 6.10. The van der Waals surface area contributed by atoms with Gasteiger partial charge < -0.3 is 15.4 Å². The molecule has 132 valence electrons. The van der Waals surface area contributed by atoms with Crippen molar-refractivity contribution in [2.24, 2.45) is 11.7 Å². The van der Waals surface area contributed by atoms with Crippen molar-refractivity contribution in [3.05, 3.63) is 28.8 Å². The van der Waals surface area contributed by atoms with E-state index >= 15 is 0 Å². The highest BCUT2D eigenvalue weighted by molar-refractivity contribution is 6.30. The second-order valence-electron chi connectivity index (χ2n) is 6.83. The number of carbonyl (C=O) groups is 1. The predicted molar refractivity (Wildman–Crippen MR) is 95.2 cm³/mol. The minimum Gasteiger partial charge on any atom is -0.496 e. The number of hydrogen-bond acceptors (Lipinski definition) is 4. The summed E-state index contributed by atoms with van der Waals surface area (Å²) in [5, 5.41) is 0.720. The summed E-state index contributed by atoms with van der Waals surface area (Å²) in [5.41, 5.74) is 7.03. The van der Waals surface area contributed by atoms with Gasteiger partial charge in [0.1, 0.15) is 5.75 Å². The third-order valence-electron chi connectivity index (χ3n) is 5.14. The minimum atomic E-state index is 0.138. The molecular formula is C18H26ClN3O2. The van der Waals surface area contributed by atoms with Crippen LogP contribution in [-0.4, -0.2) is 55.0 Å². The van der Waals surface area contributed by atoms with Crippen molar-refractivity contribution in [1.82, 2.24) is 9.80 Å². The van der Waals surface area contributed by atoms with E-state index in [9.17, 15) is 4.79 Å². The normalized spacial score (nSPS) is 25.0.